The predicted molar refractivity (Wildman–Crippen MR) is 92.0 cm³/mol. The summed E-state index contributed by atoms with van der Waals surface area (Å²) in [5.74, 6) is -8.79. The van der Waals surface area contributed by atoms with Gasteiger partial charge in [0, 0.05) is 6.92 Å². The fraction of sp³-hybridized carbons (Fsp3) is 0.562. The highest BCUT2D eigenvalue weighted by Crippen LogP contribution is 2.33. The van der Waals surface area contributed by atoms with E-state index in [0.29, 0.717) is 13.7 Å². The SMILES string of the molecule is C=CCn1c(=O)n(CC=C)c(=O)n(CC(O)COCC(F)(F)C(C)(F)F)c1=O. The van der Waals surface area contributed by atoms with E-state index in [1.165, 1.54) is 12.2 Å². The molecule has 1 atom stereocenters. The van der Waals surface area contributed by atoms with Gasteiger partial charge in [-0.25, -0.2) is 36.9 Å². The molecule has 0 amide bonds. The van der Waals surface area contributed by atoms with Gasteiger partial charge in [-0.1, -0.05) is 12.2 Å². The zero-order valence-electron chi connectivity index (χ0n) is 15.1. The molecular weight excluding hydrogens is 390 g/mol. The Morgan fingerprint density at radius 1 is 1.00 bits per heavy atom. The van der Waals surface area contributed by atoms with Gasteiger partial charge in [0.1, 0.15) is 6.61 Å². The Kier molecular flexibility index (Phi) is 7.70. The van der Waals surface area contributed by atoms with Crippen molar-refractivity contribution in [2.75, 3.05) is 13.2 Å². The summed E-state index contributed by atoms with van der Waals surface area (Å²) in [6.07, 6.45) is 0.823. The first-order valence-corrected chi connectivity index (χ1v) is 8.05. The van der Waals surface area contributed by atoms with Gasteiger partial charge in [0.05, 0.1) is 32.3 Å². The predicted octanol–water partition coefficient (Wildman–Crippen LogP) is 0.212. The molecule has 1 unspecified atom stereocenters. The Bertz CT molecular complexity index is 834. The molecule has 0 aromatic carbocycles. The molecule has 0 saturated carbocycles. The van der Waals surface area contributed by atoms with Crippen LogP contribution in [0.1, 0.15) is 6.92 Å². The van der Waals surface area contributed by atoms with Crippen molar-refractivity contribution in [1.29, 1.82) is 0 Å². The Hall–Kier alpha value is -2.47. The third-order valence-electron chi connectivity index (χ3n) is 3.64. The van der Waals surface area contributed by atoms with Crippen molar-refractivity contribution in [3.63, 3.8) is 0 Å². The summed E-state index contributed by atoms with van der Waals surface area (Å²) in [4.78, 5) is 36.8. The van der Waals surface area contributed by atoms with E-state index in [-0.39, 0.29) is 20.0 Å². The first-order chi connectivity index (χ1) is 12.9. The number of aliphatic hydroxyl groups is 1. The number of ether oxygens (including phenoxy) is 1. The summed E-state index contributed by atoms with van der Waals surface area (Å²) in [5.41, 5.74) is -3.03. The Morgan fingerprint density at radius 2 is 1.43 bits per heavy atom. The van der Waals surface area contributed by atoms with Gasteiger partial charge in [-0.2, -0.15) is 8.78 Å². The monoisotopic (exact) mass is 411 g/mol. The molecular formula is C16H21F4N3O5. The van der Waals surface area contributed by atoms with Gasteiger partial charge in [-0.15, -0.1) is 13.2 Å². The average Bonchev–Trinajstić information content (AvgIpc) is 2.58. The van der Waals surface area contributed by atoms with Gasteiger partial charge < -0.3 is 9.84 Å². The fourth-order valence-electron chi connectivity index (χ4n) is 2.12. The third-order valence-corrected chi connectivity index (χ3v) is 3.64. The lowest BCUT2D eigenvalue weighted by Gasteiger charge is -2.23. The van der Waals surface area contributed by atoms with Crippen LogP contribution >= 0.6 is 0 Å². The average molecular weight is 411 g/mol. The third kappa shape index (κ3) is 5.29. The van der Waals surface area contributed by atoms with E-state index in [0.717, 1.165) is 0 Å². The van der Waals surface area contributed by atoms with Crippen LogP contribution in [0.4, 0.5) is 17.6 Å². The maximum atomic E-state index is 13.1. The minimum absolute atomic E-state index is 0.0250. The van der Waals surface area contributed by atoms with Crippen LogP contribution in [0.3, 0.4) is 0 Å². The van der Waals surface area contributed by atoms with Crippen molar-refractivity contribution in [2.24, 2.45) is 0 Å². The molecule has 0 aliphatic heterocycles. The van der Waals surface area contributed by atoms with Gasteiger partial charge in [-0.05, 0) is 0 Å². The van der Waals surface area contributed by atoms with Crippen LogP contribution in [-0.2, 0) is 24.4 Å². The van der Waals surface area contributed by atoms with Crippen molar-refractivity contribution in [2.45, 2.75) is 44.5 Å². The number of hydrogen-bond donors (Lipinski definition) is 1. The minimum atomic E-state index is -4.46. The summed E-state index contributed by atoms with van der Waals surface area (Å²) >= 11 is 0. The van der Waals surface area contributed by atoms with E-state index in [1.54, 1.807) is 0 Å². The first-order valence-electron chi connectivity index (χ1n) is 8.05. The highest BCUT2D eigenvalue weighted by atomic mass is 19.3. The summed E-state index contributed by atoms with van der Waals surface area (Å²) in [5, 5.41) is 9.87. The van der Waals surface area contributed by atoms with E-state index >= 15 is 0 Å². The maximum absolute atomic E-state index is 13.1. The number of rotatable bonds is 11. The van der Waals surface area contributed by atoms with E-state index in [9.17, 15) is 37.1 Å². The second kappa shape index (κ2) is 9.15. The lowest BCUT2D eigenvalue weighted by atomic mass is 10.2. The summed E-state index contributed by atoms with van der Waals surface area (Å²) in [7, 11) is 0. The molecule has 28 heavy (non-hydrogen) atoms. The van der Waals surface area contributed by atoms with Gasteiger partial charge in [0.2, 0.25) is 0 Å². The normalized spacial score (nSPS) is 13.4. The zero-order valence-corrected chi connectivity index (χ0v) is 15.1. The van der Waals surface area contributed by atoms with E-state index in [1.807, 2.05) is 0 Å². The van der Waals surface area contributed by atoms with Crippen molar-refractivity contribution in [1.82, 2.24) is 13.7 Å². The van der Waals surface area contributed by atoms with Gasteiger partial charge >= 0.3 is 28.9 Å². The number of halogens is 4. The molecule has 0 aliphatic rings. The number of alkyl halides is 4. The number of nitrogens with zero attached hydrogens (tertiary/aromatic N) is 3. The van der Waals surface area contributed by atoms with Crippen LogP contribution in [-0.4, -0.2) is 50.0 Å². The van der Waals surface area contributed by atoms with Crippen LogP contribution in [0, 0.1) is 0 Å². The topological polar surface area (TPSA) is 95.5 Å². The zero-order chi connectivity index (χ0) is 21.7. The molecule has 0 fully saturated rings. The maximum Gasteiger partial charge on any atom is 0.336 e. The van der Waals surface area contributed by atoms with Gasteiger partial charge in [0.25, 0.3) is 0 Å². The van der Waals surface area contributed by atoms with Crippen LogP contribution < -0.4 is 17.1 Å². The highest BCUT2D eigenvalue weighted by molar-refractivity contribution is 4.85. The van der Waals surface area contributed by atoms with Crippen molar-refractivity contribution in [3.05, 3.63) is 56.8 Å². The molecule has 0 saturated heterocycles. The molecule has 158 valence electrons. The van der Waals surface area contributed by atoms with Gasteiger partial charge in [0.15, 0.2) is 0 Å². The molecule has 8 nitrogen and oxygen atoms in total. The first kappa shape index (κ1) is 23.6. The summed E-state index contributed by atoms with van der Waals surface area (Å²) < 4.78 is 58.0. The van der Waals surface area contributed by atoms with Crippen LogP contribution in [0.15, 0.2) is 39.7 Å². The van der Waals surface area contributed by atoms with Crippen molar-refractivity contribution >= 4 is 0 Å². The molecule has 0 bridgehead atoms. The lowest BCUT2D eigenvalue weighted by Crippen LogP contribution is -2.55. The van der Waals surface area contributed by atoms with Crippen LogP contribution in [0.5, 0.6) is 0 Å². The number of aromatic nitrogens is 3. The number of aliphatic hydroxyl groups excluding tert-OH is 1. The second-order valence-electron chi connectivity index (χ2n) is 6.02. The fourth-order valence-corrected chi connectivity index (χ4v) is 2.12. The Morgan fingerprint density at radius 3 is 1.82 bits per heavy atom. The summed E-state index contributed by atoms with van der Waals surface area (Å²) in [6.45, 7) is 3.14. The van der Waals surface area contributed by atoms with E-state index in [2.05, 4.69) is 17.9 Å². The molecule has 1 aromatic rings. The minimum Gasteiger partial charge on any atom is -0.389 e. The lowest BCUT2D eigenvalue weighted by molar-refractivity contribution is -0.225. The largest absolute Gasteiger partial charge is 0.389 e. The number of hydrogen-bond acceptors (Lipinski definition) is 5. The van der Waals surface area contributed by atoms with Crippen LogP contribution in [0.2, 0.25) is 0 Å². The molecule has 12 heteroatoms. The molecule has 1 aromatic heterocycles. The standard InChI is InChI=1S/C16H21F4N3O5/c1-4-6-21-12(25)22(7-5-2)14(27)23(13(21)26)8-11(24)9-28-10-16(19,20)15(3,17)18/h4-5,11,24H,1-2,6-10H2,3H3. The van der Waals surface area contributed by atoms with Crippen LogP contribution in [0.25, 0.3) is 0 Å². The molecule has 0 aliphatic carbocycles. The number of allylic oxidation sites excluding steroid dienone is 2. The molecule has 1 rings (SSSR count). The molecule has 0 radical (unpaired) electrons. The highest BCUT2D eigenvalue weighted by Gasteiger charge is 2.52. The quantitative estimate of drug-likeness (QED) is 0.415. The summed E-state index contributed by atoms with van der Waals surface area (Å²) in [6, 6.07) is 0. The molecule has 0 spiro atoms. The second-order valence-corrected chi connectivity index (χ2v) is 6.02. The Balaban J connectivity index is 3.06. The molecule has 1 N–H and O–H groups in total. The smallest absolute Gasteiger partial charge is 0.336 e. The van der Waals surface area contributed by atoms with E-state index < -0.39 is 54.8 Å². The van der Waals surface area contributed by atoms with Crippen molar-refractivity contribution in [3.8, 4) is 0 Å². The molecule has 1 heterocycles. The van der Waals surface area contributed by atoms with Gasteiger partial charge in [-0.3, -0.25) is 0 Å². The van der Waals surface area contributed by atoms with E-state index in [4.69, 9.17) is 0 Å². The van der Waals surface area contributed by atoms with Crippen molar-refractivity contribution < 1.29 is 27.4 Å². The Labute approximate surface area is 156 Å².